The van der Waals surface area contributed by atoms with Gasteiger partial charge in [-0.3, -0.25) is 4.79 Å². The van der Waals surface area contributed by atoms with Crippen LogP contribution < -0.4 is 5.32 Å². The van der Waals surface area contributed by atoms with E-state index in [2.05, 4.69) is 42.2 Å². The van der Waals surface area contributed by atoms with Crippen LogP contribution in [-0.2, 0) is 0 Å². The number of carbonyl (C=O) groups excluding carboxylic acids is 1. The summed E-state index contributed by atoms with van der Waals surface area (Å²) < 4.78 is 14.2. The normalized spacial score (nSPS) is 10.3. The molecule has 0 radical (unpaired) electrons. The molecule has 0 spiro atoms. The summed E-state index contributed by atoms with van der Waals surface area (Å²) in [4.78, 5) is 15.9. The fourth-order valence-electron chi connectivity index (χ4n) is 1.36. The third kappa shape index (κ3) is 3.52. The molecule has 2 aromatic rings. The van der Waals surface area contributed by atoms with Crippen molar-refractivity contribution in [3.63, 3.8) is 0 Å². The van der Waals surface area contributed by atoms with Gasteiger partial charge in [-0.25, -0.2) is 9.37 Å². The van der Waals surface area contributed by atoms with Crippen molar-refractivity contribution in [2.24, 2.45) is 0 Å². The van der Waals surface area contributed by atoms with E-state index in [0.717, 1.165) is 6.07 Å². The lowest BCUT2D eigenvalue weighted by molar-refractivity contribution is 0.102. The summed E-state index contributed by atoms with van der Waals surface area (Å²) in [5.41, 5.74) is 0.656. The molecule has 0 saturated heterocycles. The van der Waals surface area contributed by atoms with Gasteiger partial charge < -0.3 is 5.32 Å². The van der Waals surface area contributed by atoms with E-state index in [1.165, 1.54) is 18.3 Å². The number of hydrogen-bond acceptors (Lipinski definition) is 2. The van der Waals surface area contributed by atoms with Crippen molar-refractivity contribution in [2.45, 2.75) is 0 Å². The summed E-state index contributed by atoms with van der Waals surface area (Å²) >= 11 is 12.2. The van der Waals surface area contributed by atoms with E-state index in [1.807, 2.05) is 0 Å². The van der Waals surface area contributed by atoms with Gasteiger partial charge in [0, 0.05) is 4.47 Å². The molecule has 3 nitrogen and oxygen atoms in total. The smallest absolute Gasteiger partial charge is 0.256 e. The van der Waals surface area contributed by atoms with Crippen LogP contribution in [0.5, 0.6) is 0 Å². The molecule has 7 heteroatoms. The lowest BCUT2D eigenvalue weighted by atomic mass is 10.2. The van der Waals surface area contributed by atoms with E-state index in [1.54, 1.807) is 6.07 Å². The minimum atomic E-state index is -0.483. The highest BCUT2D eigenvalue weighted by Crippen LogP contribution is 2.24. The SMILES string of the molecule is O=C(Nc1cnc(Cl)c(Br)c1)c1cc(F)ccc1Br. The first-order valence-corrected chi connectivity index (χ1v) is 7.01. The minimum absolute atomic E-state index is 0.200. The number of hydrogen-bond donors (Lipinski definition) is 1. The third-order valence-corrected chi connectivity index (χ3v) is 4.05. The molecule has 0 atom stereocenters. The van der Waals surface area contributed by atoms with Gasteiger partial charge in [0.25, 0.3) is 5.91 Å². The second kappa shape index (κ2) is 5.98. The Labute approximate surface area is 130 Å². The summed E-state index contributed by atoms with van der Waals surface area (Å²) in [6.45, 7) is 0. The van der Waals surface area contributed by atoms with Gasteiger partial charge in [-0.2, -0.15) is 0 Å². The molecule has 1 amide bonds. The highest BCUT2D eigenvalue weighted by molar-refractivity contribution is 9.10. The number of aromatic nitrogens is 1. The number of rotatable bonds is 2. The molecule has 1 heterocycles. The number of carbonyl (C=O) groups is 1. The van der Waals surface area contributed by atoms with Crippen LogP contribution in [0, 0.1) is 5.82 Å². The number of amides is 1. The topological polar surface area (TPSA) is 42.0 Å². The van der Waals surface area contributed by atoms with Crippen molar-refractivity contribution in [1.29, 1.82) is 0 Å². The third-order valence-electron chi connectivity index (χ3n) is 2.23. The zero-order valence-electron chi connectivity index (χ0n) is 9.25. The maximum absolute atomic E-state index is 13.1. The first kappa shape index (κ1) is 14.4. The first-order valence-electron chi connectivity index (χ1n) is 5.05. The molecule has 2 rings (SSSR count). The number of halogens is 4. The van der Waals surface area contributed by atoms with Crippen molar-refractivity contribution in [1.82, 2.24) is 4.98 Å². The van der Waals surface area contributed by atoms with E-state index in [9.17, 15) is 9.18 Å². The Hall–Kier alpha value is -0.980. The Morgan fingerprint density at radius 1 is 1.26 bits per heavy atom. The summed E-state index contributed by atoms with van der Waals surface area (Å²) in [5.74, 6) is -0.925. The van der Waals surface area contributed by atoms with Crippen LogP contribution in [0.3, 0.4) is 0 Å². The van der Waals surface area contributed by atoms with Crippen molar-refractivity contribution < 1.29 is 9.18 Å². The predicted octanol–water partition coefficient (Wildman–Crippen LogP) is 4.65. The van der Waals surface area contributed by atoms with Crippen LogP contribution in [0.1, 0.15) is 10.4 Å². The minimum Gasteiger partial charge on any atom is -0.321 e. The molecule has 0 bridgehead atoms. The maximum Gasteiger partial charge on any atom is 0.256 e. The lowest BCUT2D eigenvalue weighted by Gasteiger charge is -2.07. The number of nitrogens with one attached hydrogen (secondary N) is 1. The number of pyridine rings is 1. The molecule has 0 fully saturated rings. The van der Waals surface area contributed by atoms with E-state index in [0.29, 0.717) is 19.8 Å². The highest BCUT2D eigenvalue weighted by atomic mass is 79.9. The molecule has 1 N–H and O–H groups in total. The van der Waals surface area contributed by atoms with E-state index in [-0.39, 0.29) is 5.56 Å². The Kier molecular flexibility index (Phi) is 4.54. The van der Waals surface area contributed by atoms with E-state index < -0.39 is 11.7 Å². The van der Waals surface area contributed by atoms with Crippen LogP contribution in [0.15, 0.2) is 39.4 Å². The van der Waals surface area contributed by atoms with Crippen LogP contribution in [-0.4, -0.2) is 10.9 Å². The molecule has 1 aromatic carbocycles. The molecule has 98 valence electrons. The van der Waals surface area contributed by atoms with Crippen LogP contribution >= 0.6 is 43.5 Å². The molecule has 0 aliphatic rings. The van der Waals surface area contributed by atoms with Crippen LogP contribution in [0.2, 0.25) is 5.15 Å². The van der Waals surface area contributed by atoms with Crippen molar-refractivity contribution in [3.05, 3.63) is 55.9 Å². The monoisotopic (exact) mass is 406 g/mol. The molecule has 19 heavy (non-hydrogen) atoms. The molecule has 1 aromatic heterocycles. The zero-order valence-corrected chi connectivity index (χ0v) is 13.2. The van der Waals surface area contributed by atoms with E-state index >= 15 is 0 Å². The Balaban J connectivity index is 2.25. The average Bonchev–Trinajstić information content (AvgIpc) is 2.36. The van der Waals surface area contributed by atoms with Crippen molar-refractivity contribution in [2.75, 3.05) is 5.32 Å². The van der Waals surface area contributed by atoms with Crippen molar-refractivity contribution in [3.8, 4) is 0 Å². The maximum atomic E-state index is 13.1. The van der Waals surface area contributed by atoms with Gasteiger partial charge in [-0.1, -0.05) is 11.6 Å². The first-order chi connectivity index (χ1) is 8.97. The van der Waals surface area contributed by atoms with Gasteiger partial charge in [0.2, 0.25) is 0 Å². The molecular formula is C12H6Br2ClFN2O. The van der Waals surface area contributed by atoms with Crippen LogP contribution in [0.4, 0.5) is 10.1 Å². The Morgan fingerprint density at radius 2 is 2.00 bits per heavy atom. The number of anilines is 1. The van der Waals surface area contributed by atoms with Gasteiger partial charge in [-0.15, -0.1) is 0 Å². The predicted molar refractivity (Wildman–Crippen MR) is 79.0 cm³/mol. The van der Waals surface area contributed by atoms with Gasteiger partial charge >= 0.3 is 0 Å². The summed E-state index contributed by atoms with van der Waals surface area (Å²) in [6, 6.07) is 5.50. The largest absolute Gasteiger partial charge is 0.321 e. The van der Waals surface area contributed by atoms with Gasteiger partial charge in [-0.05, 0) is 56.1 Å². The lowest BCUT2D eigenvalue weighted by Crippen LogP contribution is -2.13. The summed E-state index contributed by atoms with van der Waals surface area (Å²) in [5, 5.41) is 2.90. The summed E-state index contributed by atoms with van der Waals surface area (Å²) in [6.07, 6.45) is 1.41. The molecule has 0 aliphatic heterocycles. The standard InChI is InChI=1S/C12H6Br2ClFN2O/c13-9-2-1-6(16)3-8(9)12(19)18-7-4-10(14)11(15)17-5-7/h1-5H,(H,18,19). The fraction of sp³-hybridized carbons (Fsp3) is 0. The second-order valence-electron chi connectivity index (χ2n) is 3.57. The molecule has 0 unspecified atom stereocenters. The molecular weight excluding hydrogens is 402 g/mol. The molecule has 0 saturated carbocycles. The fourth-order valence-corrected chi connectivity index (χ4v) is 2.24. The summed E-state index contributed by atoms with van der Waals surface area (Å²) in [7, 11) is 0. The zero-order chi connectivity index (χ0) is 14.0. The van der Waals surface area contributed by atoms with Gasteiger partial charge in [0.15, 0.2) is 0 Å². The van der Waals surface area contributed by atoms with E-state index in [4.69, 9.17) is 11.6 Å². The quantitative estimate of drug-likeness (QED) is 0.735. The average molecular weight is 408 g/mol. The Bertz CT molecular complexity index is 652. The highest BCUT2D eigenvalue weighted by Gasteiger charge is 2.12. The van der Waals surface area contributed by atoms with Crippen molar-refractivity contribution >= 4 is 55.1 Å². The second-order valence-corrected chi connectivity index (χ2v) is 5.64. The molecule has 0 aliphatic carbocycles. The van der Waals surface area contributed by atoms with Gasteiger partial charge in [0.05, 0.1) is 21.9 Å². The van der Waals surface area contributed by atoms with Gasteiger partial charge in [0.1, 0.15) is 11.0 Å². The van der Waals surface area contributed by atoms with Crippen LogP contribution in [0.25, 0.3) is 0 Å². The number of benzene rings is 1. The number of nitrogens with zero attached hydrogens (tertiary/aromatic N) is 1. The Morgan fingerprint density at radius 3 is 2.68 bits per heavy atom.